The fourth-order valence-corrected chi connectivity index (χ4v) is 1.86. The second kappa shape index (κ2) is 5.14. The third kappa shape index (κ3) is 3.90. The van der Waals surface area contributed by atoms with E-state index in [2.05, 4.69) is 4.74 Å². The van der Waals surface area contributed by atoms with E-state index in [-0.39, 0.29) is 30.4 Å². The highest BCUT2D eigenvalue weighted by atomic mass is 16.6. The van der Waals surface area contributed by atoms with Crippen LogP contribution < -0.4 is 0 Å². The van der Waals surface area contributed by atoms with Crippen LogP contribution in [0.4, 0.5) is 0 Å². The van der Waals surface area contributed by atoms with E-state index < -0.39 is 0 Å². The first-order chi connectivity index (χ1) is 7.06. The second-order valence-electron chi connectivity index (χ2n) is 4.21. The van der Waals surface area contributed by atoms with Crippen LogP contribution in [0.25, 0.3) is 0 Å². The lowest BCUT2D eigenvalue weighted by molar-refractivity contribution is -0.159. The predicted molar refractivity (Wildman–Crippen MR) is 54.2 cm³/mol. The lowest BCUT2D eigenvalue weighted by atomic mass is 10.1. The van der Waals surface area contributed by atoms with E-state index in [1.165, 1.54) is 7.11 Å². The van der Waals surface area contributed by atoms with Crippen LogP contribution >= 0.6 is 0 Å². The zero-order valence-electron chi connectivity index (χ0n) is 9.38. The van der Waals surface area contributed by atoms with Gasteiger partial charge in [0.1, 0.15) is 5.60 Å². The summed E-state index contributed by atoms with van der Waals surface area (Å²) in [6.07, 6.45) is 4.29. The summed E-state index contributed by atoms with van der Waals surface area (Å²) in [5.41, 5.74) is -0.298. The number of ether oxygens (including phenoxy) is 2. The molecule has 1 saturated carbocycles. The molecule has 0 aliphatic heterocycles. The summed E-state index contributed by atoms with van der Waals surface area (Å²) in [5, 5.41) is 0. The van der Waals surface area contributed by atoms with Crippen molar-refractivity contribution in [3.63, 3.8) is 0 Å². The average Bonchev–Trinajstić information content (AvgIpc) is 2.61. The molecule has 0 radical (unpaired) electrons. The Morgan fingerprint density at radius 1 is 1.13 bits per heavy atom. The van der Waals surface area contributed by atoms with Gasteiger partial charge in [0.2, 0.25) is 0 Å². The van der Waals surface area contributed by atoms with Crippen LogP contribution in [0.3, 0.4) is 0 Å². The van der Waals surface area contributed by atoms with Crippen molar-refractivity contribution in [1.82, 2.24) is 0 Å². The van der Waals surface area contributed by atoms with Crippen molar-refractivity contribution in [2.75, 3.05) is 7.11 Å². The molecule has 0 bridgehead atoms. The average molecular weight is 214 g/mol. The Hall–Kier alpha value is -1.06. The molecule has 0 aromatic carbocycles. The zero-order chi connectivity index (χ0) is 11.3. The molecule has 0 spiro atoms. The van der Waals surface area contributed by atoms with Crippen molar-refractivity contribution in [2.45, 2.75) is 51.0 Å². The van der Waals surface area contributed by atoms with E-state index in [9.17, 15) is 9.59 Å². The van der Waals surface area contributed by atoms with Gasteiger partial charge in [-0.05, 0) is 32.6 Å². The molecule has 1 fully saturated rings. The Balaban J connectivity index is 2.26. The van der Waals surface area contributed by atoms with E-state index in [1.807, 2.05) is 6.92 Å². The maximum absolute atomic E-state index is 11.4. The third-order valence-electron chi connectivity index (χ3n) is 2.78. The maximum atomic E-state index is 11.4. The molecular weight excluding hydrogens is 196 g/mol. The van der Waals surface area contributed by atoms with Crippen LogP contribution in [0.15, 0.2) is 0 Å². The third-order valence-corrected chi connectivity index (χ3v) is 2.78. The Bertz CT molecular complexity index is 241. The molecular formula is C11H18O4. The highest BCUT2D eigenvalue weighted by Crippen LogP contribution is 2.32. The molecule has 0 saturated heterocycles. The SMILES string of the molecule is COC(=O)CCC(=O)OC1(C)CCCC1. The number of hydrogen-bond acceptors (Lipinski definition) is 4. The minimum atomic E-state index is -0.372. The highest BCUT2D eigenvalue weighted by molar-refractivity contribution is 5.77. The molecule has 1 rings (SSSR count). The van der Waals surface area contributed by atoms with Crippen LogP contribution in [0.5, 0.6) is 0 Å². The van der Waals surface area contributed by atoms with Crippen LogP contribution in [-0.2, 0) is 19.1 Å². The van der Waals surface area contributed by atoms with Crippen molar-refractivity contribution in [2.24, 2.45) is 0 Å². The largest absolute Gasteiger partial charge is 0.469 e. The number of rotatable bonds is 4. The summed E-state index contributed by atoms with van der Waals surface area (Å²) >= 11 is 0. The smallest absolute Gasteiger partial charge is 0.306 e. The van der Waals surface area contributed by atoms with Crippen molar-refractivity contribution in [3.05, 3.63) is 0 Å². The van der Waals surface area contributed by atoms with Crippen molar-refractivity contribution < 1.29 is 19.1 Å². The van der Waals surface area contributed by atoms with E-state index in [1.54, 1.807) is 0 Å². The monoisotopic (exact) mass is 214 g/mol. The molecule has 0 heterocycles. The quantitative estimate of drug-likeness (QED) is 0.670. The summed E-state index contributed by atoms with van der Waals surface area (Å²) in [7, 11) is 1.31. The maximum Gasteiger partial charge on any atom is 0.306 e. The van der Waals surface area contributed by atoms with E-state index >= 15 is 0 Å². The lowest BCUT2D eigenvalue weighted by Gasteiger charge is -2.23. The van der Waals surface area contributed by atoms with Crippen molar-refractivity contribution in [1.29, 1.82) is 0 Å². The lowest BCUT2D eigenvalue weighted by Crippen LogP contribution is -2.28. The van der Waals surface area contributed by atoms with Gasteiger partial charge >= 0.3 is 11.9 Å². The molecule has 86 valence electrons. The molecule has 4 heteroatoms. The predicted octanol–water partition coefficient (Wildman–Crippen LogP) is 1.82. The molecule has 0 atom stereocenters. The van der Waals surface area contributed by atoms with Crippen LogP contribution in [0, 0.1) is 0 Å². The first-order valence-electron chi connectivity index (χ1n) is 5.34. The van der Waals surface area contributed by atoms with Gasteiger partial charge in [0.05, 0.1) is 20.0 Å². The Morgan fingerprint density at radius 2 is 1.67 bits per heavy atom. The van der Waals surface area contributed by atoms with E-state index in [4.69, 9.17) is 4.74 Å². The normalized spacial score (nSPS) is 18.5. The second-order valence-corrected chi connectivity index (χ2v) is 4.21. The molecule has 15 heavy (non-hydrogen) atoms. The molecule has 0 aromatic rings. The number of carbonyl (C=O) groups is 2. The topological polar surface area (TPSA) is 52.6 Å². The van der Waals surface area contributed by atoms with Gasteiger partial charge < -0.3 is 9.47 Å². The van der Waals surface area contributed by atoms with E-state index in [0.717, 1.165) is 25.7 Å². The minimum absolute atomic E-state index is 0.103. The van der Waals surface area contributed by atoms with Crippen LogP contribution in [-0.4, -0.2) is 24.6 Å². The molecule has 0 N–H and O–H groups in total. The summed E-state index contributed by atoms with van der Waals surface area (Å²) in [6, 6.07) is 0. The van der Waals surface area contributed by atoms with Gasteiger partial charge in [-0.2, -0.15) is 0 Å². The number of methoxy groups -OCH3 is 1. The molecule has 1 aliphatic rings. The number of carbonyl (C=O) groups excluding carboxylic acids is 2. The molecule has 0 aromatic heterocycles. The van der Waals surface area contributed by atoms with Gasteiger partial charge in [0, 0.05) is 0 Å². The zero-order valence-corrected chi connectivity index (χ0v) is 9.38. The van der Waals surface area contributed by atoms with Gasteiger partial charge in [-0.1, -0.05) is 0 Å². The van der Waals surface area contributed by atoms with E-state index in [0.29, 0.717) is 0 Å². The Morgan fingerprint density at radius 3 is 2.20 bits per heavy atom. The Kier molecular flexibility index (Phi) is 4.12. The standard InChI is InChI=1S/C11H18O4/c1-11(7-3-4-8-11)15-10(13)6-5-9(12)14-2/h3-8H2,1-2H3. The van der Waals surface area contributed by atoms with Crippen LogP contribution in [0.1, 0.15) is 45.4 Å². The van der Waals surface area contributed by atoms with Gasteiger partial charge in [-0.15, -0.1) is 0 Å². The fraction of sp³-hybridized carbons (Fsp3) is 0.818. The molecule has 0 amide bonds. The van der Waals surface area contributed by atoms with Crippen molar-refractivity contribution in [3.8, 4) is 0 Å². The fourth-order valence-electron chi connectivity index (χ4n) is 1.86. The summed E-state index contributed by atoms with van der Waals surface area (Å²) in [6.45, 7) is 1.95. The van der Waals surface area contributed by atoms with Gasteiger partial charge in [-0.25, -0.2) is 0 Å². The summed E-state index contributed by atoms with van der Waals surface area (Å²) < 4.78 is 9.80. The molecule has 0 unspecified atom stereocenters. The molecule has 1 aliphatic carbocycles. The molecule has 4 nitrogen and oxygen atoms in total. The Labute approximate surface area is 89.9 Å². The summed E-state index contributed by atoms with van der Waals surface area (Å²) in [5.74, 6) is -0.673. The number of hydrogen-bond donors (Lipinski definition) is 0. The van der Waals surface area contributed by atoms with Crippen molar-refractivity contribution >= 4 is 11.9 Å². The summed E-state index contributed by atoms with van der Waals surface area (Å²) in [4.78, 5) is 22.2. The van der Waals surface area contributed by atoms with Gasteiger partial charge in [0.25, 0.3) is 0 Å². The van der Waals surface area contributed by atoms with Gasteiger partial charge in [0.15, 0.2) is 0 Å². The first kappa shape index (κ1) is 12.0. The van der Waals surface area contributed by atoms with Gasteiger partial charge in [-0.3, -0.25) is 9.59 Å². The number of esters is 2. The highest BCUT2D eigenvalue weighted by Gasteiger charge is 2.32. The first-order valence-corrected chi connectivity index (χ1v) is 5.34. The van der Waals surface area contributed by atoms with Crippen LogP contribution in [0.2, 0.25) is 0 Å². The minimum Gasteiger partial charge on any atom is -0.469 e.